The van der Waals surface area contributed by atoms with E-state index in [4.69, 9.17) is 4.74 Å². The third kappa shape index (κ3) is 5.74. The van der Waals surface area contributed by atoms with Crippen LogP contribution in [0.25, 0.3) is 0 Å². The zero-order chi connectivity index (χ0) is 17.8. The molecule has 3 rings (SSSR count). The summed E-state index contributed by atoms with van der Waals surface area (Å²) in [6.07, 6.45) is 3.59. The number of para-hydroxylation sites is 1. The number of esters is 1. The first-order valence-electron chi connectivity index (χ1n) is 9.05. The second kappa shape index (κ2) is 10.7. The first kappa shape index (κ1) is 23.5. The molecule has 2 N–H and O–H groups in total. The zero-order valence-corrected chi connectivity index (χ0v) is 16.9. The molecule has 0 amide bonds. The standard InChI is InChI=1S/C19H26N2O4.2ClH/c1-2-25-19(24)15-5-3-4-6-16(15)21-14-8-7-12-11-20-17(18(22)23)10-13(12)9-14;;/h3-6,12-14,17,20-21H,2,7-11H2,1H3,(H,22,23);2*1H/p-1. The molecule has 2 fully saturated rings. The lowest BCUT2D eigenvalue weighted by Gasteiger charge is -2.43. The lowest BCUT2D eigenvalue weighted by atomic mass is 9.72. The molecule has 4 atom stereocenters. The lowest BCUT2D eigenvalue weighted by Crippen LogP contribution is -2.54. The molecule has 1 aliphatic carbocycles. The first-order valence-corrected chi connectivity index (χ1v) is 9.05. The van der Waals surface area contributed by atoms with Crippen LogP contribution >= 0.6 is 24.8 Å². The fourth-order valence-corrected chi connectivity index (χ4v) is 4.09. The van der Waals surface area contributed by atoms with Crippen LogP contribution in [0.4, 0.5) is 5.69 Å². The highest BCUT2D eigenvalue weighted by Crippen LogP contribution is 2.37. The monoisotopic (exact) mass is 417 g/mol. The molecule has 1 saturated carbocycles. The van der Waals surface area contributed by atoms with E-state index >= 15 is 0 Å². The van der Waals surface area contributed by atoms with E-state index < -0.39 is 12.0 Å². The summed E-state index contributed by atoms with van der Waals surface area (Å²) < 4.78 is 5.12. The highest BCUT2D eigenvalue weighted by molar-refractivity contribution is 5.95. The number of nitrogens with one attached hydrogen (secondary N) is 2. The van der Waals surface area contributed by atoms with E-state index in [1.165, 1.54) is 0 Å². The minimum Gasteiger partial charge on any atom is -0.548 e. The Hall–Kier alpha value is -1.50. The highest BCUT2D eigenvalue weighted by atomic mass is 35.5. The number of hydrogen-bond donors (Lipinski definition) is 2. The summed E-state index contributed by atoms with van der Waals surface area (Å²) in [7, 11) is 0. The van der Waals surface area contributed by atoms with Crippen molar-refractivity contribution < 1.29 is 19.4 Å². The van der Waals surface area contributed by atoms with Crippen molar-refractivity contribution in [3.05, 3.63) is 29.8 Å². The van der Waals surface area contributed by atoms with Gasteiger partial charge in [0.1, 0.15) is 0 Å². The molecule has 0 spiro atoms. The summed E-state index contributed by atoms with van der Waals surface area (Å²) in [4.78, 5) is 23.3. The van der Waals surface area contributed by atoms with Crippen LogP contribution in [-0.4, -0.2) is 37.2 Å². The Balaban J connectivity index is 0.00000182. The van der Waals surface area contributed by atoms with Gasteiger partial charge in [-0.3, -0.25) is 0 Å². The molecule has 1 aliphatic heterocycles. The van der Waals surface area contributed by atoms with Gasteiger partial charge in [0.25, 0.3) is 0 Å². The molecule has 27 heavy (non-hydrogen) atoms. The maximum absolute atomic E-state index is 12.1. The van der Waals surface area contributed by atoms with Crippen LogP contribution < -0.4 is 15.7 Å². The molecule has 0 radical (unpaired) electrons. The van der Waals surface area contributed by atoms with E-state index in [-0.39, 0.29) is 36.8 Å². The van der Waals surface area contributed by atoms with Crippen molar-refractivity contribution in [2.75, 3.05) is 18.5 Å². The minimum absolute atomic E-state index is 0. The molecular formula is C19H27Cl2N2O4-. The molecule has 0 aromatic heterocycles. The number of carbonyl (C=O) groups is 2. The number of aliphatic carboxylic acids is 1. The Morgan fingerprint density at radius 1 is 1.19 bits per heavy atom. The minimum atomic E-state index is -1.01. The van der Waals surface area contributed by atoms with Crippen LogP contribution in [0.2, 0.25) is 0 Å². The molecule has 1 aromatic carbocycles. The number of benzene rings is 1. The zero-order valence-electron chi connectivity index (χ0n) is 15.3. The van der Waals surface area contributed by atoms with Gasteiger partial charge in [-0.05, 0) is 63.1 Å². The Labute approximate surface area is 172 Å². The number of ether oxygens (including phenoxy) is 1. The van der Waals surface area contributed by atoms with Gasteiger partial charge in [0.15, 0.2) is 0 Å². The van der Waals surface area contributed by atoms with Gasteiger partial charge in [-0.1, -0.05) is 12.1 Å². The van der Waals surface area contributed by atoms with Gasteiger partial charge in [0, 0.05) is 17.8 Å². The quantitative estimate of drug-likeness (QED) is 0.712. The lowest BCUT2D eigenvalue weighted by molar-refractivity contribution is -0.309. The molecule has 2 aliphatic rings. The number of carbonyl (C=O) groups excluding carboxylic acids is 2. The van der Waals surface area contributed by atoms with E-state index in [2.05, 4.69) is 10.6 Å². The van der Waals surface area contributed by atoms with Gasteiger partial charge in [-0.25, -0.2) is 4.79 Å². The van der Waals surface area contributed by atoms with Crippen LogP contribution in [0.15, 0.2) is 24.3 Å². The average Bonchev–Trinajstić information content (AvgIpc) is 2.61. The highest BCUT2D eigenvalue weighted by Gasteiger charge is 2.36. The third-order valence-electron chi connectivity index (χ3n) is 5.37. The maximum Gasteiger partial charge on any atom is 0.340 e. The maximum atomic E-state index is 12.1. The van der Waals surface area contributed by atoms with Crippen molar-refractivity contribution >= 4 is 42.4 Å². The largest absolute Gasteiger partial charge is 0.548 e. The Bertz CT molecular complexity index is 644. The molecular weight excluding hydrogens is 391 g/mol. The van der Waals surface area contributed by atoms with E-state index in [0.29, 0.717) is 30.4 Å². The normalized spacial score (nSPS) is 26.6. The van der Waals surface area contributed by atoms with E-state index in [0.717, 1.165) is 31.5 Å². The number of piperidine rings is 1. The van der Waals surface area contributed by atoms with Gasteiger partial charge < -0.3 is 25.3 Å². The summed E-state index contributed by atoms with van der Waals surface area (Å²) in [5.74, 6) is -0.446. The first-order chi connectivity index (χ1) is 12.1. The van der Waals surface area contributed by atoms with Gasteiger partial charge in [-0.15, -0.1) is 24.8 Å². The number of fused-ring (bicyclic) bond motifs is 1. The molecule has 1 aromatic rings. The van der Waals surface area contributed by atoms with Crippen LogP contribution in [-0.2, 0) is 9.53 Å². The van der Waals surface area contributed by atoms with Crippen LogP contribution in [0.1, 0.15) is 43.0 Å². The summed E-state index contributed by atoms with van der Waals surface area (Å²) in [5, 5.41) is 17.7. The molecule has 1 saturated heterocycles. The average molecular weight is 418 g/mol. The summed E-state index contributed by atoms with van der Waals surface area (Å²) in [6, 6.07) is 7.07. The summed E-state index contributed by atoms with van der Waals surface area (Å²) in [5.41, 5.74) is 1.33. The van der Waals surface area contributed by atoms with Gasteiger partial charge in [0.05, 0.1) is 18.1 Å². The van der Waals surface area contributed by atoms with Crippen LogP contribution in [0.3, 0.4) is 0 Å². The molecule has 4 unspecified atom stereocenters. The Morgan fingerprint density at radius 2 is 1.93 bits per heavy atom. The van der Waals surface area contributed by atoms with Crippen molar-refractivity contribution in [3.8, 4) is 0 Å². The van der Waals surface area contributed by atoms with Crippen molar-refractivity contribution in [1.82, 2.24) is 5.32 Å². The topological polar surface area (TPSA) is 90.5 Å². The Kier molecular flexibility index (Phi) is 9.36. The number of halogens is 2. The number of carboxylic acid groups (broad SMARTS) is 1. The fourth-order valence-electron chi connectivity index (χ4n) is 4.09. The number of carboxylic acids is 1. The van der Waals surface area contributed by atoms with E-state index in [9.17, 15) is 14.7 Å². The van der Waals surface area contributed by atoms with Crippen LogP contribution in [0, 0.1) is 11.8 Å². The molecule has 152 valence electrons. The van der Waals surface area contributed by atoms with E-state index in [1.54, 1.807) is 13.0 Å². The van der Waals surface area contributed by atoms with Crippen molar-refractivity contribution in [2.24, 2.45) is 11.8 Å². The predicted octanol–water partition coefficient (Wildman–Crippen LogP) is 2.02. The second-order valence-electron chi connectivity index (χ2n) is 6.96. The third-order valence-corrected chi connectivity index (χ3v) is 5.37. The van der Waals surface area contributed by atoms with Gasteiger partial charge in [0.2, 0.25) is 0 Å². The number of anilines is 1. The van der Waals surface area contributed by atoms with Gasteiger partial charge in [-0.2, -0.15) is 0 Å². The van der Waals surface area contributed by atoms with Crippen molar-refractivity contribution in [1.29, 1.82) is 0 Å². The number of rotatable bonds is 5. The smallest absolute Gasteiger partial charge is 0.340 e. The molecule has 0 bridgehead atoms. The summed E-state index contributed by atoms with van der Waals surface area (Å²) in [6.45, 7) is 2.88. The fraction of sp³-hybridized carbons (Fsp3) is 0.579. The van der Waals surface area contributed by atoms with Gasteiger partial charge >= 0.3 is 5.97 Å². The van der Waals surface area contributed by atoms with E-state index in [1.807, 2.05) is 18.2 Å². The van der Waals surface area contributed by atoms with Crippen LogP contribution in [0.5, 0.6) is 0 Å². The molecule has 6 nitrogen and oxygen atoms in total. The van der Waals surface area contributed by atoms with Crippen molar-refractivity contribution in [3.63, 3.8) is 0 Å². The molecule has 8 heteroatoms. The second-order valence-corrected chi connectivity index (χ2v) is 6.96. The molecule has 1 heterocycles. The summed E-state index contributed by atoms with van der Waals surface area (Å²) >= 11 is 0. The number of hydrogen-bond acceptors (Lipinski definition) is 6. The van der Waals surface area contributed by atoms with Crippen molar-refractivity contribution in [2.45, 2.75) is 44.7 Å². The Morgan fingerprint density at radius 3 is 2.63 bits per heavy atom. The SMILES string of the molecule is CCOC(=O)c1ccccc1NC1CCC2CNC(C(=O)[O-])CC2C1.Cl.Cl. The predicted molar refractivity (Wildman–Crippen MR) is 107 cm³/mol.